The van der Waals surface area contributed by atoms with Gasteiger partial charge in [0, 0.05) is 18.0 Å². The summed E-state index contributed by atoms with van der Waals surface area (Å²) in [6.45, 7) is 0. The Balaban J connectivity index is 2.32. The van der Waals surface area contributed by atoms with Gasteiger partial charge in [0.1, 0.15) is 11.9 Å². The molecule has 0 radical (unpaired) electrons. The van der Waals surface area contributed by atoms with E-state index in [-0.39, 0.29) is 5.82 Å². The molecule has 1 atom stereocenters. The summed E-state index contributed by atoms with van der Waals surface area (Å²) in [5, 5.41) is 9.91. The molecule has 0 spiro atoms. The van der Waals surface area contributed by atoms with Crippen molar-refractivity contribution >= 4 is 0 Å². The van der Waals surface area contributed by atoms with Gasteiger partial charge in [-0.3, -0.25) is 4.98 Å². The monoisotopic (exact) mass is 203 g/mol. The van der Waals surface area contributed by atoms with Crippen molar-refractivity contribution < 1.29 is 9.50 Å². The summed E-state index contributed by atoms with van der Waals surface area (Å²) in [6.07, 6.45) is 2.37. The predicted molar refractivity (Wildman–Crippen MR) is 54.7 cm³/mol. The Morgan fingerprint density at radius 1 is 1.13 bits per heavy atom. The molecular formula is C12H10FNO. The van der Waals surface area contributed by atoms with Gasteiger partial charge in [-0.25, -0.2) is 4.39 Å². The predicted octanol–water partition coefficient (Wildman–Crippen LogP) is 2.30. The first-order valence-electron chi connectivity index (χ1n) is 4.61. The number of aliphatic hydroxyl groups is 1. The van der Waals surface area contributed by atoms with Crippen molar-refractivity contribution in [3.8, 4) is 0 Å². The Kier molecular flexibility index (Phi) is 2.74. The summed E-state index contributed by atoms with van der Waals surface area (Å²) in [6, 6.07) is 9.41. The molecule has 0 amide bonds. The van der Waals surface area contributed by atoms with Gasteiger partial charge in [-0.1, -0.05) is 18.2 Å². The molecular weight excluding hydrogens is 193 g/mol. The number of aliphatic hydroxyl groups excluding tert-OH is 1. The molecule has 0 unspecified atom stereocenters. The topological polar surface area (TPSA) is 33.1 Å². The second-order valence-electron chi connectivity index (χ2n) is 3.24. The average Bonchev–Trinajstić information content (AvgIpc) is 2.29. The molecule has 0 aliphatic heterocycles. The molecule has 0 bridgehead atoms. The number of hydrogen-bond donors (Lipinski definition) is 1. The summed E-state index contributed by atoms with van der Waals surface area (Å²) >= 11 is 0. The highest BCUT2D eigenvalue weighted by Crippen LogP contribution is 2.21. The Bertz CT molecular complexity index is 444. The van der Waals surface area contributed by atoms with Crippen LogP contribution >= 0.6 is 0 Å². The van der Waals surface area contributed by atoms with E-state index in [1.54, 1.807) is 36.7 Å². The minimum atomic E-state index is -0.825. The van der Waals surface area contributed by atoms with Gasteiger partial charge in [0.15, 0.2) is 0 Å². The van der Waals surface area contributed by atoms with Crippen LogP contribution in [-0.2, 0) is 0 Å². The van der Waals surface area contributed by atoms with E-state index in [0.29, 0.717) is 11.1 Å². The highest BCUT2D eigenvalue weighted by molar-refractivity contribution is 5.28. The highest BCUT2D eigenvalue weighted by atomic mass is 19.1. The first-order valence-corrected chi connectivity index (χ1v) is 4.61. The number of nitrogens with zero attached hydrogens (tertiary/aromatic N) is 1. The quantitative estimate of drug-likeness (QED) is 0.812. The van der Waals surface area contributed by atoms with Crippen LogP contribution < -0.4 is 0 Å². The molecule has 0 fully saturated rings. The fourth-order valence-electron chi connectivity index (χ4n) is 1.41. The molecule has 0 aliphatic rings. The normalized spacial score (nSPS) is 12.4. The summed E-state index contributed by atoms with van der Waals surface area (Å²) in [5.41, 5.74) is 1.19. The fraction of sp³-hybridized carbons (Fsp3) is 0.0833. The molecule has 1 aromatic heterocycles. The molecule has 2 aromatic rings. The molecule has 15 heavy (non-hydrogen) atoms. The van der Waals surface area contributed by atoms with Crippen LogP contribution in [0.25, 0.3) is 0 Å². The average molecular weight is 203 g/mol. The molecule has 1 N–H and O–H groups in total. The number of benzene rings is 1. The maximum Gasteiger partial charge on any atom is 0.123 e. The highest BCUT2D eigenvalue weighted by Gasteiger charge is 2.10. The molecule has 0 saturated carbocycles. The SMILES string of the molecule is O[C@H](c1cccnc1)c1cccc(F)c1. The second-order valence-corrected chi connectivity index (χ2v) is 3.24. The molecule has 3 heteroatoms. The van der Waals surface area contributed by atoms with Crippen molar-refractivity contribution in [2.45, 2.75) is 6.10 Å². The smallest absolute Gasteiger partial charge is 0.123 e. The first kappa shape index (κ1) is 9.80. The lowest BCUT2D eigenvalue weighted by atomic mass is 10.0. The lowest BCUT2D eigenvalue weighted by Gasteiger charge is -2.10. The number of pyridine rings is 1. The van der Waals surface area contributed by atoms with E-state index in [9.17, 15) is 9.50 Å². The van der Waals surface area contributed by atoms with Crippen LogP contribution in [0.5, 0.6) is 0 Å². The Labute approximate surface area is 87.0 Å². The minimum absolute atomic E-state index is 0.351. The van der Waals surface area contributed by atoms with E-state index >= 15 is 0 Å². The third-order valence-electron chi connectivity index (χ3n) is 2.16. The number of aromatic nitrogens is 1. The van der Waals surface area contributed by atoms with Crippen LogP contribution in [0.4, 0.5) is 4.39 Å². The van der Waals surface area contributed by atoms with Gasteiger partial charge in [-0.2, -0.15) is 0 Å². The molecule has 76 valence electrons. The molecule has 0 aliphatic carbocycles. The summed E-state index contributed by atoms with van der Waals surface area (Å²) in [7, 11) is 0. The number of halogens is 1. The third kappa shape index (κ3) is 2.19. The van der Waals surface area contributed by atoms with Crippen LogP contribution in [0.1, 0.15) is 17.2 Å². The summed E-state index contributed by atoms with van der Waals surface area (Å²) < 4.78 is 12.9. The van der Waals surface area contributed by atoms with Crippen LogP contribution in [0.15, 0.2) is 48.8 Å². The van der Waals surface area contributed by atoms with Gasteiger partial charge in [0.05, 0.1) is 0 Å². The maximum atomic E-state index is 12.9. The molecule has 0 saturated heterocycles. The largest absolute Gasteiger partial charge is 0.384 e. The van der Waals surface area contributed by atoms with Gasteiger partial charge >= 0.3 is 0 Å². The molecule has 2 nitrogen and oxygen atoms in total. The molecule has 1 heterocycles. The Hall–Kier alpha value is -1.74. The van der Waals surface area contributed by atoms with Crippen LogP contribution in [0.3, 0.4) is 0 Å². The molecule has 2 rings (SSSR count). The van der Waals surface area contributed by atoms with Crippen molar-refractivity contribution in [3.63, 3.8) is 0 Å². The summed E-state index contributed by atoms with van der Waals surface area (Å²) in [5.74, 6) is -0.351. The van der Waals surface area contributed by atoms with Gasteiger partial charge in [-0.15, -0.1) is 0 Å². The van der Waals surface area contributed by atoms with Crippen molar-refractivity contribution in [2.75, 3.05) is 0 Å². The van der Waals surface area contributed by atoms with E-state index < -0.39 is 6.10 Å². The van der Waals surface area contributed by atoms with Gasteiger partial charge in [-0.05, 0) is 23.8 Å². The lowest BCUT2D eigenvalue weighted by Crippen LogP contribution is -2.00. The van der Waals surface area contributed by atoms with Crippen molar-refractivity contribution in [1.82, 2.24) is 4.98 Å². The third-order valence-corrected chi connectivity index (χ3v) is 2.16. The minimum Gasteiger partial charge on any atom is -0.384 e. The zero-order valence-corrected chi connectivity index (χ0v) is 7.97. The van der Waals surface area contributed by atoms with E-state index in [1.165, 1.54) is 12.1 Å². The van der Waals surface area contributed by atoms with Crippen molar-refractivity contribution in [1.29, 1.82) is 0 Å². The van der Waals surface area contributed by atoms with E-state index in [2.05, 4.69) is 4.98 Å². The zero-order chi connectivity index (χ0) is 10.7. The van der Waals surface area contributed by atoms with Crippen molar-refractivity contribution in [3.05, 3.63) is 65.7 Å². The number of rotatable bonds is 2. The standard InChI is InChI=1S/C12H10FNO/c13-11-5-1-3-9(7-11)12(15)10-4-2-6-14-8-10/h1-8,12,15H/t12-/m0/s1. The van der Waals surface area contributed by atoms with Crippen LogP contribution in [0.2, 0.25) is 0 Å². The van der Waals surface area contributed by atoms with Gasteiger partial charge in [0.2, 0.25) is 0 Å². The Morgan fingerprint density at radius 3 is 2.60 bits per heavy atom. The van der Waals surface area contributed by atoms with Crippen molar-refractivity contribution in [2.24, 2.45) is 0 Å². The Morgan fingerprint density at radius 2 is 1.93 bits per heavy atom. The lowest BCUT2D eigenvalue weighted by molar-refractivity contribution is 0.219. The maximum absolute atomic E-state index is 12.9. The first-order chi connectivity index (χ1) is 7.27. The van der Waals surface area contributed by atoms with Gasteiger partial charge < -0.3 is 5.11 Å². The molecule has 1 aromatic carbocycles. The second kappa shape index (κ2) is 4.19. The van der Waals surface area contributed by atoms with Gasteiger partial charge in [0.25, 0.3) is 0 Å². The van der Waals surface area contributed by atoms with E-state index in [4.69, 9.17) is 0 Å². The fourth-order valence-corrected chi connectivity index (χ4v) is 1.41. The van der Waals surface area contributed by atoms with Crippen LogP contribution in [0, 0.1) is 5.82 Å². The summed E-state index contributed by atoms with van der Waals surface area (Å²) in [4.78, 5) is 3.90. The van der Waals surface area contributed by atoms with E-state index in [1.807, 2.05) is 0 Å². The number of hydrogen-bond acceptors (Lipinski definition) is 2. The zero-order valence-electron chi connectivity index (χ0n) is 7.97. The van der Waals surface area contributed by atoms with E-state index in [0.717, 1.165) is 0 Å². The van der Waals surface area contributed by atoms with Crippen LogP contribution in [-0.4, -0.2) is 10.1 Å².